The predicted octanol–water partition coefficient (Wildman–Crippen LogP) is 3.10. The van der Waals surface area contributed by atoms with Crippen molar-refractivity contribution >= 4 is 40.9 Å². The van der Waals surface area contributed by atoms with Crippen LogP contribution in [0.3, 0.4) is 0 Å². The maximum absolute atomic E-state index is 12.5. The number of hydrogen-bond donors (Lipinski definition) is 3. The summed E-state index contributed by atoms with van der Waals surface area (Å²) in [6, 6.07) is 10.3. The fourth-order valence-corrected chi connectivity index (χ4v) is 2.91. The Balaban J connectivity index is 1.73. The molecule has 10 nitrogen and oxygen atoms in total. The van der Waals surface area contributed by atoms with Crippen molar-refractivity contribution in [3.8, 4) is 5.75 Å². The topological polar surface area (TPSA) is 134 Å². The minimum absolute atomic E-state index is 0.0882. The van der Waals surface area contributed by atoms with E-state index in [4.69, 9.17) is 14.6 Å². The number of anilines is 3. The molecule has 0 atom stereocenters. The van der Waals surface area contributed by atoms with Crippen LogP contribution in [0.2, 0.25) is 0 Å². The number of rotatable bonds is 5. The average Bonchev–Trinajstić information content (AvgIpc) is 2.69. The third kappa shape index (κ3) is 5.75. The van der Waals surface area contributed by atoms with Crippen LogP contribution in [0.15, 0.2) is 42.5 Å². The van der Waals surface area contributed by atoms with Crippen LogP contribution < -0.4 is 20.3 Å². The number of carbonyl (C=O) groups excluding carboxylic acids is 3. The Bertz CT molecular complexity index is 1060. The molecule has 1 heterocycles. The van der Waals surface area contributed by atoms with Gasteiger partial charge in [-0.1, -0.05) is 0 Å². The Morgan fingerprint density at radius 2 is 1.72 bits per heavy atom. The highest BCUT2D eigenvalue weighted by molar-refractivity contribution is 6.05. The highest BCUT2D eigenvalue weighted by Gasteiger charge is 2.28. The molecule has 1 aliphatic heterocycles. The summed E-state index contributed by atoms with van der Waals surface area (Å²) >= 11 is 0. The molecule has 0 radical (unpaired) electrons. The molecule has 0 saturated carbocycles. The van der Waals surface area contributed by atoms with E-state index in [2.05, 4.69) is 10.6 Å². The Morgan fingerprint density at radius 1 is 1.06 bits per heavy atom. The first kappa shape index (κ1) is 22.6. The number of nitrogens with one attached hydrogen (secondary N) is 2. The predicted molar refractivity (Wildman–Crippen MR) is 116 cm³/mol. The van der Waals surface area contributed by atoms with Crippen molar-refractivity contribution in [2.24, 2.45) is 0 Å². The van der Waals surface area contributed by atoms with E-state index in [1.807, 2.05) is 0 Å². The lowest BCUT2D eigenvalue weighted by atomic mass is 10.2. The monoisotopic (exact) mass is 441 g/mol. The summed E-state index contributed by atoms with van der Waals surface area (Å²) < 4.78 is 10.6. The van der Waals surface area contributed by atoms with E-state index in [0.717, 1.165) is 0 Å². The molecule has 168 valence electrons. The van der Waals surface area contributed by atoms with Crippen LogP contribution in [0, 0.1) is 0 Å². The molecule has 2 aromatic rings. The van der Waals surface area contributed by atoms with Gasteiger partial charge < -0.3 is 19.9 Å². The Labute approximate surface area is 184 Å². The highest BCUT2D eigenvalue weighted by atomic mass is 16.6. The number of carbonyl (C=O) groups is 4. The Hall–Kier alpha value is -4.08. The molecule has 1 aliphatic rings. The van der Waals surface area contributed by atoms with Crippen LogP contribution in [0.4, 0.5) is 21.9 Å². The number of aromatic carboxylic acids is 1. The van der Waals surface area contributed by atoms with Gasteiger partial charge in [-0.25, -0.2) is 9.59 Å². The van der Waals surface area contributed by atoms with Gasteiger partial charge in [0.2, 0.25) is 5.91 Å². The lowest BCUT2D eigenvalue weighted by molar-refractivity contribution is -0.123. The standard InChI is InChI=1S/C22H23N3O7/c1-22(2,3)32-21(30)24-15-8-9-17-16(10-15)25(19(27)12-31-17)11-18(26)23-14-6-4-13(5-7-14)20(28)29/h4-10H,11-12H2,1-3H3,(H,23,26)(H,24,30)(H,28,29). The van der Waals surface area contributed by atoms with Crippen molar-refractivity contribution in [2.45, 2.75) is 26.4 Å². The first-order valence-electron chi connectivity index (χ1n) is 9.72. The van der Waals surface area contributed by atoms with Gasteiger partial charge in [-0.2, -0.15) is 0 Å². The second-order valence-corrected chi connectivity index (χ2v) is 8.01. The van der Waals surface area contributed by atoms with Crippen molar-refractivity contribution in [1.29, 1.82) is 0 Å². The van der Waals surface area contributed by atoms with Gasteiger partial charge in [0.1, 0.15) is 17.9 Å². The summed E-state index contributed by atoms with van der Waals surface area (Å²) in [6.45, 7) is 4.68. The van der Waals surface area contributed by atoms with E-state index < -0.39 is 29.5 Å². The van der Waals surface area contributed by atoms with Gasteiger partial charge in [0, 0.05) is 11.4 Å². The summed E-state index contributed by atoms with van der Waals surface area (Å²) in [5, 5.41) is 14.2. The number of benzene rings is 2. The van der Waals surface area contributed by atoms with E-state index in [9.17, 15) is 19.2 Å². The quantitative estimate of drug-likeness (QED) is 0.649. The molecule has 0 aromatic heterocycles. The minimum Gasteiger partial charge on any atom is -0.482 e. The number of ether oxygens (including phenoxy) is 2. The van der Waals surface area contributed by atoms with Crippen molar-refractivity contribution in [3.05, 3.63) is 48.0 Å². The van der Waals surface area contributed by atoms with Crippen LogP contribution in [-0.4, -0.2) is 47.7 Å². The second-order valence-electron chi connectivity index (χ2n) is 8.01. The zero-order valence-electron chi connectivity index (χ0n) is 17.8. The first-order chi connectivity index (χ1) is 15.0. The van der Waals surface area contributed by atoms with E-state index in [-0.39, 0.29) is 18.7 Å². The zero-order valence-corrected chi connectivity index (χ0v) is 17.8. The third-order valence-corrected chi connectivity index (χ3v) is 4.26. The van der Waals surface area contributed by atoms with E-state index in [0.29, 0.717) is 22.8 Å². The number of carboxylic acids is 1. The molecule has 2 aromatic carbocycles. The minimum atomic E-state index is -1.07. The average molecular weight is 441 g/mol. The smallest absolute Gasteiger partial charge is 0.412 e. The third-order valence-electron chi connectivity index (χ3n) is 4.26. The molecule has 0 bridgehead atoms. The molecule has 10 heteroatoms. The van der Waals surface area contributed by atoms with E-state index >= 15 is 0 Å². The molecule has 32 heavy (non-hydrogen) atoms. The largest absolute Gasteiger partial charge is 0.482 e. The fourth-order valence-electron chi connectivity index (χ4n) is 2.91. The number of amides is 3. The normalized spacial score (nSPS) is 13.0. The Kier molecular flexibility index (Phi) is 6.33. The van der Waals surface area contributed by atoms with E-state index in [1.54, 1.807) is 32.9 Å². The molecule has 0 spiro atoms. The molecule has 3 N–H and O–H groups in total. The summed E-state index contributed by atoms with van der Waals surface area (Å²) in [5.74, 6) is -1.60. The summed E-state index contributed by atoms with van der Waals surface area (Å²) in [4.78, 5) is 49.2. The van der Waals surface area contributed by atoms with Crippen molar-refractivity contribution < 1.29 is 33.8 Å². The van der Waals surface area contributed by atoms with Gasteiger partial charge in [-0.3, -0.25) is 19.8 Å². The first-order valence-corrected chi connectivity index (χ1v) is 9.72. The molecule has 0 aliphatic carbocycles. The lowest BCUT2D eigenvalue weighted by Gasteiger charge is -2.29. The van der Waals surface area contributed by atoms with E-state index in [1.165, 1.54) is 35.2 Å². The van der Waals surface area contributed by atoms with Crippen molar-refractivity contribution in [3.63, 3.8) is 0 Å². The number of hydrogen-bond acceptors (Lipinski definition) is 6. The van der Waals surface area contributed by atoms with Gasteiger partial charge in [0.25, 0.3) is 5.91 Å². The molecule has 0 saturated heterocycles. The maximum atomic E-state index is 12.5. The van der Waals surface area contributed by atoms with Crippen molar-refractivity contribution in [1.82, 2.24) is 0 Å². The van der Waals surface area contributed by atoms with Gasteiger partial charge in [0.15, 0.2) is 6.61 Å². The molecule has 0 fully saturated rings. The molecule has 3 rings (SSSR count). The summed E-state index contributed by atoms with van der Waals surface area (Å²) in [7, 11) is 0. The van der Waals surface area contributed by atoms with Gasteiger partial charge >= 0.3 is 12.1 Å². The van der Waals surface area contributed by atoms with Crippen LogP contribution in [-0.2, 0) is 14.3 Å². The number of nitrogens with zero attached hydrogens (tertiary/aromatic N) is 1. The van der Waals surface area contributed by atoms with Crippen LogP contribution in [0.1, 0.15) is 31.1 Å². The van der Waals surface area contributed by atoms with Gasteiger partial charge in [-0.15, -0.1) is 0 Å². The Morgan fingerprint density at radius 3 is 2.34 bits per heavy atom. The lowest BCUT2D eigenvalue weighted by Crippen LogP contribution is -2.43. The molecular weight excluding hydrogens is 418 g/mol. The van der Waals surface area contributed by atoms with Crippen LogP contribution in [0.5, 0.6) is 5.75 Å². The molecule has 0 unspecified atom stereocenters. The van der Waals surface area contributed by atoms with Crippen LogP contribution in [0.25, 0.3) is 0 Å². The summed E-state index contributed by atoms with van der Waals surface area (Å²) in [5.41, 5.74) is 0.494. The number of carboxylic acid groups (broad SMARTS) is 1. The molecule has 3 amide bonds. The zero-order chi connectivity index (χ0) is 23.5. The summed E-state index contributed by atoms with van der Waals surface area (Å²) in [6.07, 6.45) is -0.658. The second kappa shape index (κ2) is 8.96. The number of fused-ring (bicyclic) bond motifs is 1. The van der Waals surface area contributed by atoms with Crippen LogP contribution >= 0.6 is 0 Å². The fraction of sp³-hybridized carbons (Fsp3) is 0.273. The van der Waals surface area contributed by atoms with Gasteiger partial charge in [-0.05, 0) is 63.2 Å². The van der Waals surface area contributed by atoms with Gasteiger partial charge in [0.05, 0.1) is 11.3 Å². The van der Waals surface area contributed by atoms with Crippen molar-refractivity contribution in [2.75, 3.05) is 28.7 Å². The molecular formula is C22H23N3O7. The maximum Gasteiger partial charge on any atom is 0.412 e. The highest BCUT2D eigenvalue weighted by Crippen LogP contribution is 2.34. The SMILES string of the molecule is CC(C)(C)OC(=O)Nc1ccc2c(c1)N(CC(=O)Nc1ccc(C(=O)O)cc1)C(=O)CO2.